The fourth-order valence-corrected chi connectivity index (χ4v) is 4.16. The van der Waals surface area contributed by atoms with Crippen molar-refractivity contribution >= 4 is 31.0 Å². The fraction of sp³-hybridized carbons (Fsp3) is 0.600. The Kier molecular flexibility index (Phi) is 10.7. The zero-order valence-electron chi connectivity index (χ0n) is 22.9. The first-order valence-electron chi connectivity index (χ1n) is 12.3. The van der Waals surface area contributed by atoms with E-state index in [1.54, 1.807) is 0 Å². The number of alkyl halides is 3. The van der Waals surface area contributed by atoms with Crippen LogP contribution in [-0.2, 0) is 11.6 Å². The molecule has 3 aromatic rings. The summed E-state index contributed by atoms with van der Waals surface area (Å²) in [6.07, 6.45) is -3.37. The highest BCUT2D eigenvalue weighted by Gasteiger charge is 2.36. The zero-order chi connectivity index (χ0) is 27.5. The minimum atomic E-state index is -4.46. The van der Waals surface area contributed by atoms with E-state index in [2.05, 4.69) is 44.9 Å². The smallest absolute Gasteiger partial charge is 0.433 e. The number of halogens is 4. The monoisotopic (exact) mass is 575 g/mol. The third kappa shape index (κ3) is 7.86. The summed E-state index contributed by atoms with van der Waals surface area (Å²) >= 11 is 4.12. The highest BCUT2D eigenvalue weighted by Crippen LogP contribution is 2.32. The summed E-state index contributed by atoms with van der Waals surface area (Å²) in [6.45, 7) is 17.5. The van der Waals surface area contributed by atoms with Crippen LogP contribution in [-0.4, -0.2) is 62.0 Å². The molecule has 13 heteroatoms. The highest BCUT2D eigenvalue weighted by atomic mass is 35.5. The molecule has 1 fully saturated rings. The SMILES string of the molecule is CCCN1CCN(c2cc(C(F)(F)F)nc(C(C)(C)C)n2)CC1.Cc1cc(-c2nnn(S)c2C)c(C)o1.Cl. The molecule has 4 heterocycles. The average molecular weight is 576 g/mol. The lowest BCUT2D eigenvalue weighted by atomic mass is 9.95. The van der Waals surface area contributed by atoms with Gasteiger partial charge in [0.15, 0.2) is 0 Å². The van der Waals surface area contributed by atoms with Crippen molar-refractivity contribution in [2.24, 2.45) is 0 Å². The topological polar surface area (TPSA) is 76.1 Å². The average Bonchev–Trinajstić information content (AvgIpc) is 3.33. The Labute approximate surface area is 234 Å². The van der Waals surface area contributed by atoms with Crippen LogP contribution in [0.25, 0.3) is 11.3 Å². The Morgan fingerprint density at radius 3 is 2.08 bits per heavy atom. The molecule has 0 atom stereocenters. The van der Waals surface area contributed by atoms with Gasteiger partial charge in [-0.3, -0.25) is 4.90 Å². The molecule has 1 saturated heterocycles. The lowest BCUT2D eigenvalue weighted by Gasteiger charge is -2.35. The van der Waals surface area contributed by atoms with E-state index in [1.807, 2.05) is 52.5 Å². The second-order valence-electron chi connectivity index (χ2n) is 10.3. The van der Waals surface area contributed by atoms with Gasteiger partial charge in [-0.2, -0.15) is 17.3 Å². The van der Waals surface area contributed by atoms with Crippen molar-refractivity contribution in [3.8, 4) is 11.3 Å². The minimum absolute atomic E-state index is 0. The first-order valence-corrected chi connectivity index (χ1v) is 12.7. The third-order valence-corrected chi connectivity index (χ3v) is 6.46. The van der Waals surface area contributed by atoms with Gasteiger partial charge < -0.3 is 9.32 Å². The number of rotatable bonds is 4. The quantitative estimate of drug-likeness (QED) is 0.388. The number of anilines is 1. The summed E-state index contributed by atoms with van der Waals surface area (Å²) in [5.41, 5.74) is 1.34. The minimum Gasteiger partial charge on any atom is -0.466 e. The maximum Gasteiger partial charge on any atom is 0.433 e. The second kappa shape index (κ2) is 12.7. The van der Waals surface area contributed by atoms with E-state index >= 15 is 0 Å². The molecule has 8 nitrogen and oxygen atoms in total. The molecule has 38 heavy (non-hydrogen) atoms. The normalized spacial score (nSPS) is 14.7. The number of aromatic nitrogens is 5. The number of furan rings is 1. The van der Waals surface area contributed by atoms with E-state index in [0.29, 0.717) is 18.9 Å². The predicted molar refractivity (Wildman–Crippen MR) is 148 cm³/mol. The molecule has 0 spiro atoms. The molecule has 1 aliphatic rings. The molecule has 3 aromatic heterocycles. The summed E-state index contributed by atoms with van der Waals surface area (Å²) in [5.74, 6) is 2.36. The van der Waals surface area contributed by atoms with Crippen molar-refractivity contribution in [1.29, 1.82) is 0 Å². The number of nitrogens with zero attached hydrogens (tertiary/aromatic N) is 7. The van der Waals surface area contributed by atoms with Gasteiger partial charge in [-0.15, -0.1) is 17.5 Å². The largest absolute Gasteiger partial charge is 0.466 e. The number of hydrogen-bond acceptors (Lipinski definition) is 8. The van der Waals surface area contributed by atoms with Crippen molar-refractivity contribution in [2.75, 3.05) is 37.6 Å². The maximum absolute atomic E-state index is 13.1. The number of aryl methyl sites for hydroxylation is 2. The van der Waals surface area contributed by atoms with Gasteiger partial charge in [-0.05, 0) is 52.6 Å². The predicted octanol–water partition coefficient (Wildman–Crippen LogP) is 5.90. The van der Waals surface area contributed by atoms with Gasteiger partial charge in [0.05, 0.1) is 5.69 Å². The van der Waals surface area contributed by atoms with E-state index in [9.17, 15) is 13.2 Å². The van der Waals surface area contributed by atoms with Crippen LogP contribution in [0.3, 0.4) is 0 Å². The van der Waals surface area contributed by atoms with Crippen molar-refractivity contribution in [3.63, 3.8) is 0 Å². The van der Waals surface area contributed by atoms with Gasteiger partial charge in [0.2, 0.25) is 0 Å². The molecule has 0 unspecified atom stereocenters. The number of thiol groups is 1. The second-order valence-corrected chi connectivity index (χ2v) is 10.6. The van der Waals surface area contributed by atoms with Gasteiger partial charge in [-0.25, -0.2) is 9.97 Å². The summed E-state index contributed by atoms with van der Waals surface area (Å²) in [4.78, 5) is 12.4. The highest BCUT2D eigenvalue weighted by molar-refractivity contribution is 7.78. The van der Waals surface area contributed by atoms with Crippen LogP contribution < -0.4 is 4.90 Å². The molecule has 1 aliphatic heterocycles. The molecular formula is C25H37ClF3N7OS. The Morgan fingerprint density at radius 2 is 1.63 bits per heavy atom. The lowest BCUT2D eigenvalue weighted by Crippen LogP contribution is -2.47. The molecule has 212 valence electrons. The van der Waals surface area contributed by atoms with Crippen molar-refractivity contribution in [3.05, 3.63) is 40.9 Å². The molecule has 4 rings (SSSR count). The molecule has 0 radical (unpaired) electrons. The zero-order valence-corrected chi connectivity index (χ0v) is 24.6. The van der Waals surface area contributed by atoms with Gasteiger partial charge >= 0.3 is 6.18 Å². The van der Waals surface area contributed by atoms with Crippen molar-refractivity contribution < 1.29 is 17.6 Å². The first-order chi connectivity index (χ1) is 17.2. The summed E-state index contributed by atoms with van der Waals surface area (Å²) < 4.78 is 46.3. The summed E-state index contributed by atoms with van der Waals surface area (Å²) in [6, 6.07) is 3.03. The fourth-order valence-electron chi connectivity index (χ4n) is 4.03. The van der Waals surface area contributed by atoms with Crippen LogP contribution in [0.2, 0.25) is 0 Å². The Bertz CT molecular complexity index is 1170. The van der Waals surface area contributed by atoms with E-state index < -0.39 is 17.3 Å². The van der Waals surface area contributed by atoms with Crippen LogP contribution in [0.4, 0.5) is 19.0 Å². The number of piperazine rings is 1. The Balaban J connectivity index is 0.000000289. The van der Waals surface area contributed by atoms with E-state index in [4.69, 9.17) is 4.42 Å². The number of hydrogen-bond donors (Lipinski definition) is 1. The molecule has 0 bridgehead atoms. The molecule has 0 N–H and O–H groups in total. The first kappa shape index (κ1) is 31.9. The Hall–Kier alpha value is -2.31. The van der Waals surface area contributed by atoms with Crippen LogP contribution in [0.15, 0.2) is 16.5 Å². The van der Waals surface area contributed by atoms with Crippen LogP contribution in [0.1, 0.15) is 62.8 Å². The molecular weight excluding hydrogens is 539 g/mol. The molecule has 0 saturated carbocycles. The Morgan fingerprint density at radius 1 is 1.00 bits per heavy atom. The van der Waals surface area contributed by atoms with Crippen LogP contribution in [0.5, 0.6) is 0 Å². The van der Waals surface area contributed by atoms with E-state index in [1.165, 1.54) is 4.09 Å². The van der Waals surface area contributed by atoms with Crippen molar-refractivity contribution in [1.82, 2.24) is 29.3 Å². The van der Waals surface area contributed by atoms with Crippen LogP contribution >= 0.6 is 25.2 Å². The maximum atomic E-state index is 13.1. The summed E-state index contributed by atoms with van der Waals surface area (Å²) in [5, 5.41) is 7.87. The standard InChI is InChI=1S/C16H25F3N4.C9H11N3OS.ClH/c1-5-6-22-7-9-23(10-8-22)13-11-12(16(17,18)19)20-14(21-13)15(2,3)4;1-5-4-8(7(3)13-5)9-6(2)12(14)11-10-9;/h11H,5-10H2,1-4H3;4,14H,1-3H3;1H. The molecule has 0 aliphatic carbocycles. The van der Waals surface area contributed by atoms with Crippen LogP contribution in [0, 0.1) is 20.8 Å². The third-order valence-electron chi connectivity index (χ3n) is 6.08. The van der Waals surface area contributed by atoms with Gasteiger partial charge in [-0.1, -0.05) is 32.9 Å². The van der Waals surface area contributed by atoms with E-state index in [0.717, 1.165) is 60.6 Å². The lowest BCUT2D eigenvalue weighted by molar-refractivity contribution is -0.141. The van der Waals surface area contributed by atoms with Crippen molar-refractivity contribution in [2.45, 2.75) is 66.5 Å². The summed E-state index contributed by atoms with van der Waals surface area (Å²) in [7, 11) is 0. The van der Waals surface area contributed by atoms with Gasteiger partial charge in [0.1, 0.15) is 34.6 Å². The molecule has 0 aromatic carbocycles. The van der Waals surface area contributed by atoms with Gasteiger partial charge in [0, 0.05) is 43.2 Å². The van der Waals surface area contributed by atoms with E-state index in [-0.39, 0.29) is 18.2 Å². The molecule has 0 amide bonds. The van der Waals surface area contributed by atoms with Gasteiger partial charge in [0.25, 0.3) is 0 Å².